The van der Waals surface area contributed by atoms with Crippen molar-refractivity contribution in [3.63, 3.8) is 0 Å². The van der Waals surface area contributed by atoms with E-state index in [0.717, 1.165) is 9.64 Å². The van der Waals surface area contributed by atoms with Gasteiger partial charge in [-0.1, -0.05) is 12.1 Å². The maximum absolute atomic E-state index is 13.6. The number of nitrogens with zero attached hydrogens (tertiary/aromatic N) is 1. The summed E-state index contributed by atoms with van der Waals surface area (Å²) in [5.74, 6) is -13.4. The van der Waals surface area contributed by atoms with Crippen molar-refractivity contribution in [3.8, 4) is 0 Å². The van der Waals surface area contributed by atoms with Crippen LogP contribution in [-0.4, -0.2) is 127 Å². The van der Waals surface area contributed by atoms with Gasteiger partial charge in [-0.3, -0.25) is 47.9 Å². The first-order chi connectivity index (χ1) is 30.2. The summed E-state index contributed by atoms with van der Waals surface area (Å²) in [7, 11) is 0. The lowest BCUT2D eigenvalue weighted by molar-refractivity contribution is -0.172. The predicted octanol–water partition coefficient (Wildman–Crippen LogP) is 0.344. The van der Waals surface area contributed by atoms with Gasteiger partial charge in [-0.15, -0.1) is 5.06 Å². The zero-order valence-corrected chi connectivity index (χ0v) is 36.0. The quantitative estimate of drug-likeness (QED) is 0.0349. The molecule has 1 heterocycles. The highest BCUT2D eigenvalue weighted by Crippen LogP contribution is 2.16. The molecule has 0 radical (unpaired) electrons. The summed E-state index contributed by atoms with van der Waals surface area (Å²) in [5, 5.41) is 49.8. The van der Waals surface area contributed by atoms with Crippen molar-refractivity contribution in [2.45, 2.75) is 94.8 Å². The average molecular weight is 1010 g/mol. The summed E-state index contributed by atoms with van der Waals surface area (Å²) >= 11 is 2.05. The summed E-state index contributed by atoms with van der Waals surface area (Å²) in [4.78, 5) is 154. The van der Waals surface area contributed by atoms with E-state index >= 15 is 0 Å². The first-order valence-corrected chi connectivity index (χ1v) is 20.7. The van der Waals surface area contributed by atoms with Gasteiger partial charge in [0, 0.05) is 53.3 Å². The Morgan fingerprint density at radius 3 is 1.52 bits per heavy atom. The molecular formula is C40H45IN6O17. The van der Waals surface area contributed by atoms with Crippen molar-refractivity contribution in [2.24, 2.45) is 0 Å². The molecule has 0 spiro atoms. The number of halogens is 1. The van der Waals surface area contributed by atoms with Crippen LogP contribution in [0.1, 0.15) is 102 Å². The van der Waals surface area contributed by atoms with Crippen LogP contribution in [0.5, 0.6) is 0 Å². The van der Waals surface area contributed by atoms with Crippen LogP contribution in [0.3, 0.4) is 0 Å². The average Bonchev–Trinajstić information content (AvgIpc) is 3.56. The van der Waals surface area contributed by atoms with Crippen LogP contribution in [0.15, 0.2) is 48.5 Å². The van der Waals surface area contributed by atoms with Gasteiger partial charge in [-0.2, -0.15) is 0 Å². The van der Waals surface area contributed by atoms with E-state index in [4.69, 9.17) is 4.84 Å². The molecule has 64 heavy (non-hydrogen) atoms. The van der Waals surface area contributed by atoms with Crippen molar-refractivity contribution < 1.29 is 82.8 Å². The van der Waals surface area contributed by atoms with Gasteiger partial charge in [0.25, 0.3) is 23.6 Å². The van der Waals surface area contributed by atoms with Crippen molar-refractivity contribution in [1.82, 2.24) is 31.6 Å². The molecule has 23 nitrogen and oxygen atoms in total. The van der Waals surface area contributed by atoms with Crippen LogP contribution in [0, 0.1) is 3.57 Å². The number of aliphatic carboxylic acids is 4. The number of imide groups is 1. The molecule has 9 N–H and O–H groups in total. The second-order valence-electron chi connectivity index (χ2n) is 14.1. The zero-order chi connectivity index (χ0) is 47.5. The maximum Gasteiger partial charge on any atom is 0.363 e. The van der Waals surface area contributed by atoms with Crippen molar-refractivity contribution >= 4 is 93.8 Å². The van der Waals surface area contributed by atoms with E-state index in [9.17, 15) is 78.0 Å². The molecule has 4 atom stereocenters. The summed E-state index contributed by atoms with van der Waals surface area (Å²) in [5.41, 5.74) is -0.155. The van der Waals surface area contributed by atoms with Crippen LogP contribution in [0.2, 0.25) is 0 Å². The number of nitrogens with one attached hydrogen (secondary N) is 5. The Labute approximate surface area is 377 Å². The molecule has 0 unspecified atom stereocenters. The number of benzene rings is 2. The third-order valence-electron chi connectivity index (χ3n) is 9.28. The van der Waals surface area contributed by atoms with E-state index < -0.39 is 128 Å². The topological polar surface area (TPSA) is 358 Å². The summed E-state index contributed by atoms with van der Waals surface area (Å²) in [6, 6.07) is 4.61. The largest absolute Gasteiger partial charge is 0.481 e. The Morgan fingerprint density at radius 2 is 1.03 bits per heavy atom. The molecule has 344 valence electrons. The van der Waals surface area contributed by atoms with E-state index in [0.29, 0.717) is 12.0 Å². The van der Waals surface area contributed by atoms with Crippen LogP contribution in [0.25, 0.3) is 0 Å². The van der Waals surface area contributed by atoms with Gasteiger partial charge in [0.1, 0.15) is 24.2 Å². The van der Waals surface area contributed by atoms with Crippen molar-refractivity contribution in [3.05, 3.63) is 68.8 Å². The maximum atomic E-state index is 13.6. The highest BCUT2D eigenvalue weighted by molar-refractivity contribution is 14.1. The van der Waals surface area contributed by atoms with Gasteiger partial charge in [0.2, 0.25) is 17.7 Å². The number of hydroxylamine groups is 2. The molecular weight excluding hydrogens is 963 g/mol. The van der Waals surface area contributed by atoms with Crippen molar-refractivity contribution in [2.75, 3.05) is 6.54 Å². The lowest BCUT2D eigenvalue weighted by Gasteiger charge is -2.26. The minimum Gasteiger partial charge on any atom is -0.481 e. The molecule has 0 bridgehead atoms. The van der Waals surface area contributed by atoms with Crippen LogP contribution in [-0.2, 0) is 48.0 Å². The van der Waals surface area contributed by atoms with Gasteiger partial charge >= 0.3 is 29.8 Å². The van der Waals surface area contributed by atoms with E-state index in [1.54, 1.807) is 24.3 Å². The number of amides is 7. The van der Waals surface area contributed by atoms with Crippen LogP contribution < -0.4 is 26.6 Å². The minimum atomic E-state index is -1.80. The number of carboxylic acid groups (broad SMARTS) is 4. The molecule has 2 aromatic rings. The Hall–Kier alpha value is -6.99. The lowest BCUT2D eigenvalue weighted by Crippen LogP contribution is -2.58. The fourth-order valence-corrected chi connectivity index (χ4v) is 6.46. The van der Waals surface area contributed by atoms with E-state index in [-0.39, 0.29) is 54.3 Å². The third-order valence-corrected chi connectivity index (χ3v) is 9.95. The molecule has 0 aliphatic carbocycles. The number of carboxylic acids is 4. The SMILES string of the molecule is O=C(O)CC[C@@H](NC(=O)c1cccc(C(=O)ON2C(=O)CCC2=O)c1)C(=O)N[C@H](CCC(=O)O)C(=O)N[C@H](CCC(=O)O)C(=O)N[C@H](CCCCNC(=O)c1cccc(I)c1)C(=O)O. The third kappa shape index (κ3) is 17.1. The number of hydrogen-bond acceptors (Lipinski definition) is 13. The zero-order valence-electron chi connectivity index (χ0n) is 33.8. The number of rotatable bonds is 26. The molecule has 1 aliphatic rings. The van der Waals surface area contributed by atoms with Crippen molar-refractivity contribution in [1.29, 1.82) is 0 Å². The Bertz CT molecular complexity index is 2130. The minimum absolute atomic E-state index is 0.143. The van der Waals surface area contributed by atoms with Gasteiger partial charge < -0.3 is 51.8 Å². The first kappa shape index (κ1) is 51.4. The fourth-order valence-electron chi connectivity index (χ4n) is 5.91. The number of carbonyl (C=O) groups is 12. The van der Waals surface area contributed by atoms with Crippen LogP contribution in [0.4, 0.5) is 0 Å². The highest BCUT2D eigenvalue weighted by Gasteiger charge is 2.34. The normalized spacial score (nSPS) is 13.9. The molecule has 24 heteroatoms. The smallest absolute Gasteiger partial charge is 0.363 e. The number of unbranched alkanes of at least 4 members (excludes halogenated alkanes) is 1. The Kier molecular flexibility index (Phi) is 20.2. The van der Waals surface area contributed by atoms with Crippen LogP contribution >= 0.6 is 22.6 Å². The van der Waals surface area contributed by atoms with Gasteiger partial charge in [0.15, 0.2) is 0 Å². The molecule has 1 saturated heterocycles. The number of hydrogen-bond donors (Lipinski definition) is 9. The Balaban J connectivity index is 1.72. The lowest BCUT2D eigenvalue weighted by atomic mass is 10.0. The second-order valence-corrected chi connectivity index (χ2v) is 15.4. The molecule has 0 aromatic heterocycles. The molecule has 1 aliphatic heterocycles. The summed E-state index contributed by atoms with van der Waals surface area (Å²) < 4.78 is 0.843. The fraction of sp³-hybridized carbons (Fsp3) is 0.400. The van der Waals surface area contributed by atoms with Gasteiger partial charge in [0.05, 0.1) is 5.56 Å². The van der Waals surface area contributed by atoms with Gasteiger partial charge in [-0.05, 0) is 97.5 Å². The molecule has 0 saturated carbocycles. The predicted molar refractivity (Wildman–Crippen MR) is 224 cm³/mol. The first-order valence-electron chi connectivity index (χ1n) is 19.6. The monoisotopic (exact) mass is 1010 g/mol. The highest BCUT2D eigenvalue weighted by atomic mass is 127. The molecule has 1 fully saturated rings. The molecule has 3 rings (SSSR count). The summed E-state index contributed by atoms with van der Waals surface area (Å²) in [6.07, 6.45) is -3.97. The number of carbonyl (C=O) groups excluding carboxylic acids is 8. The Morgan fingerprint density at radius 1 is 0.578 bits per heavy atom. The second kappa shape index (κ2) is 25.2. The molecule has 7 amide bonds. The van der Waals surface area contributed by atoms with E-state index in [1.807, 2.05) is 0 Å². The molecule has 2 aromatic carbocycles. The van der Waals surface area contributed by atoms with Gasteiger partial charge in [-0.25, -0.2) is 9.59 Å². The van der Waals surface area contributed by atoms with E-state index in [1.165, 1.54) is 18.2 Å². The van der Waals surface area contributed by atoms with E-state index in [2.05, 4.69) is 49.2 Å². The summed E-state index contributed by atoms with van der Waals surface area (Å²) in [6.45, 7) is 0.170. The standard InChI is InChI=1S/C40H45IN6O17/c41-24-8-4-6-22(20-24)34(56)42-18-2-1-9-28(39(61)62)46-38(60)27(12-17-33(54)55)45-37(59)26(11-16-32(52)53)44-36(58)25(10-15-31(50)51)43-35(57)21-5-3-7-23(19-21)40(63)64-47-29(48)13-14-30(47)49/h3-8,19-20,25-28H,1-2,9-18H2,(H,42,56)(H,43,57)(H,44,58)(H,45,59)(H,46,60)(H,50,51)(H,52,53)(H,54,55)(H,61,62)/t25-,26-,27-,28-/m1/s1.